The van der Waals surface area contributed by atoms with Crippen molar-refractivity contribution in [3.8, 4) is 0 Å². The summed E-state index contributed by atoms with van der Waals surface area (Å²) in [5.74, 6) is -0.217. The van der Waals surface area contributed by atoms with Gasteiger partial charge in [-0.1, -0.05) is 13.0 Å². The van der Waals surface area contributed by atoms with E-state index >= 15 is 0 Å². The first-order valence-corrected chi connectivity index (χ1v) is 5.38. The standard InChI is InChI=1S/C12H14N2O2/c1-2-7-16-12(15)8-10-9-14-6-4-3-5-11(14)13-10/h3-6,9H,2,7-8H2,1H3. The molecule has 0 aliphatic carbocycles. The molecule has 0 N–H and O–H groups in total. The monoisotopic (exact) mass is 218 g/mol. The Bertz CT molecular complexity index is 457. The lowest BCUT2D eigenvalue weighted by molar-refractivity contribution is -0.142. The van der Waals surface area contributed by atoms with Gasteiger partial charge < -0.3 is 9.14 Å². The summed E-state index contributed by atoms with van der Waals surface area (Å²) in [6, 6.07) is 5.75. The summed E-state index contributed by atoms with van der Waals surface area (Å²) in [4.78, 5) is 15.7. The lowest BCUT2D eigenvalue weighted by Crippen LogP contribution is -2.08. The van der Waals surface area contributed by atoms with E-state index in [2.05, 4.69) is 4.98 Å². The molecule has 4 heteroatoms. The van der Waals surface area contributed by atoms with E-state index in [1.165, 1.54) is 0 Å². The molecule has 2 aromatic heterocycles. The van der Waals surface area contributed by atoms with Gasteiger partial charge in [-0.05, 0) is 18.6 Å². The zero-order valence-corrected chi connectivity index (χ0v) is 9.22. The Morgan fingerprint density at radius 3 is 3.12 bits per heavy atom. The number of nitrogens with zero attached hydrogens (tertiary/aromatic N) is 2. The average molecular weight is 218 g/mol. The maximum atomic E-state index is 11.4. The summed E-state index contributed by atoms with van der Waals surface area (Å²) < 4.78 is 6.89. The zero-order chi connectivity index (χ0) is 11.4. The van der Waals surface area contributed by atoms with Crippen molar-refractivity contribution >= 4 is 11.6 Å². The molecule has 4 nitrogen and oxygen atoms in total. The molecule has 0 saturated heterocycles. The molecule has 0 fully saturated rings. The number of esters is 1. The number of pyridine rings is 1. The van der Waals surface area contributed by atoms with Crippen molar-refractivity contribution in [2.75, 3.05) is 6.61 Å². The minimum Gasteiger partial charge on any atom is -0.465 e. The van der Waals surface area contributed by atoms with E-state index in [-0.39, 0.29) is 12.4 Å². The number of imidazole rings is 1. The van der Waals surface area contributed by atoms with E-state index in [1.54, 1.807) is 0 Å². The smallest absolute Gasteiger partial charge is 0.311 e. The Labute approximate surface area is 93.9 Å². The quantitative estimate of drug-likeness (QED) is 0.735. The first kappa shape index (κ1) is 10.7. The summed E-state index contributed by atoms with van der Waals surface area (Å²) >= 11 is 0. The highest BCUT2D eigenvalue weighted by atomic mass is 16.5. The second-order valence-electron chi connectivity index (χ2n) is 3.60. The third-order valence-corrected chi connectivity index (χ3v) is 2.21. The molecule has 2 aromatic rings. The Kier molecular flexibility index (Phi) is 3.19. The maximum absolute atomic E-state index is 11.4. The molecular weight excluding hydrogens is 204 g/mol. The van der Waals surface area contributed by atoms with Gasteiger partial charge in [-0.3, -0.25) is 4.79 Å². The molecule has 2 rings (SSSR count). The van der Waals surface area contributed by atoms with E-state index in [0.29, 0.717) is 6.61 Å². The third kappa shape index (κ3) is 2.39. The topological polar surface area (TPSA) is 43.6 Å². The molecule has 0 aliphatic heterocycles. The van der Waals surface area contributed by atoms with Crippen molar-refractivity contribution in [1.29, 1.82) is 0 Å². The van der Waals surface area contributed by atoms with Gasteiger partial charge in [-0.15, -0.1) is 0 Å². The molecule has 0 atom stereocenters. The number of carbonyl (C=O) groups excluding carboxylic acids is 1. The van der Waals surface area contributed by atoms with Gasteiger partial charge in [0.05, 0.1) is 18.7 Å². The van der Waals surface area contributed by atoms with E-state index in [9.17, 15) is 4.79 Å². The predicted octanol–water partition coefficient (Wildman–Crippen LogP) is 1.83. The van der Waals surface area contributed by atoms with Gasteiger partial charge in [-0.25, -0.2) is 4.98 Å². The van der Waals surface area contributed by atoms with Gasteiger partial charge in [0, 0.05) is 12.4 Å². The number of aromatic nitrogens is 2. The van der Waals surface area contributed by atoms with Gasteiger partial charge in [0.2, 0.25) is 0 Å². The van der Waals surface area contributed by atoms with Crippen LogP contribution in [0.1, 0.15) is 19.0 Å². The minimum atomic E-state index is -0.217. The Balaban J connectivity index is 2.07. The lowest BCUT2D eigenvalue weighted by Gasteiger charge is -1.99. The van der Waals surface area contributed by atoms with Crippen LogP contribution >= 0.6 is 0 Å². The van der Waals surface area contributed by atoms with Gasteiger partial charge >= 0.3 is 5.97 Å². The fraction of sp³-hybridized carbons (Fsp3) is 0.333. The van der Waals surface area contributed by atoms with Crippen LogP contribution in [-0.2, 0) is 16.0 Å². The van der Waals surface area contributed by atoms with Crippen molar-refractivity contribution in [3.05, 3.63) is 36.3 Å². The largest absolute Gasteiger partial charge is 0.465 e. The number of rotatable bonds is 4. The zero-order valence-electron chi connectivity index (χ0n) is 9.22. The molecule has 0 aromatic carbocycles. The molecule has 0 unspecified atom stereocenters. The van der Waals surface area contributed by atoms with Crippen LogP contribution in [0.3, 0.4) is 0 Å². The van der Waals surface area contributed by atoms with Crippen LogP contribution in [0.4, 0.5) is 0 Å². The van der Waals surface area contributed by atoms with Crippen LogP contribution < -0.4 is 0 Å². The Morgan fingerprint density at radius 1 is 1.50 bits per heavy atom. The molecule has 84 valence electrons. The third-order valence-electron chi connectivity index (χ3n) is 2.21. The van der Waals surface area contributed by atoms with E-state index in [4.69, 9.17) is 4.74 Å². The van der Waals surface area contributed by atoms with Gasteiger partial charge in [0.15, 0.2) is 0 Å². The molecule has 0 aliphatic rings. The van der Waals surface area contributed by atoms with E-state index in [0.717, 1.165) is 17.8 Å². The van der Waals surface area contributed by atoms with E-state index < -0.39 is 0 Å². The summed E-state index contributed by atoms with van der Waals surface area (Å²) in [5, 5.41) is 0. The Hall–Kier alpha value is -1.84. The first-order chi connectivity index (χ1) is 7.79. The summed E-state index contributed by atoms with van der Waals surface area (Å²) in [7, 11) is 0. The normalized spacial score (nSPS) is 10.6. The molecule has 2 heterocycles. The first-order valence-electron chi connectivity index (χ1n) is 5.38. The van der Waals surface area contributed by atoms with Crippen molar-refractivity contribution in [2.24, 2.45) is 0 Å². The van der Waals surface area contributed by atoms with Crippen molar-refractivity contribution in [2.45, 2.75) is 19.8 Å². The predicted molar refractivity (Wildman–Crippen MR) is 60.1 cm³/mol. The van der Waals surface area contributed by atoms with E-state index in [1.807, 2.05) is 41.9 Å². The van der Waals surface area contributed by atoms with Crippen LogP contribution in [0.2, 0.25) is 0 Å². The number of hydrogen-bond acceptors (Lipinski definition) is 3. The SMILES string of the molecule is CCCOC(=O)Cc1cn2ccccc2n1. The number of fused-ring (bicyclic) bond motifs is 1. The summed E-state index contributed by atoms with van der Waals surface area (Å²) in [5.41, 5.74) is 1.59. The fourth-order valence-corrected chi connectivity index (χ4v) is 1.49. The van der Waals surface area contributed by atoms with Crippen molar-refractivity contribution in [1.82, 2.24) is 9.38 Å². The molecule has 0 saturated carbocycles. The van der Waals surface area contributed by atoms with Gasteiger partial charge in [0.1, 0.15) is 5.65 Å². The highest BCUT2D eigenvalue weighted by Gasteiger charge is 2.07. The lowest BCUT2D eigenvalue weighted by atomic mass is 10.3. The molecular formula is C12H14N2O2. The van der Waals surface area contributed by atoms with Crippen molar-refractivity contribution in [3.63, 3.8) is 0 Å². The summed E-state index contributed by atoms with van der Waals surface area (Å²) in [6.45, 7) is 2.45. The molecule has 0 spiro atoms. The highest BCUT2D eigenvalue weighted by Crippen LogP contribution is 2.05. The number of carbonyl (C=O) groups is 1. The van der Waals surface area contributed by atoms with Crippen molar-refractivity contribution < 1.29 is 9.53 Å². The minimum absolute atomic E-state index is 0.217. The van der Waals surface area contributed by atoms with Crippen LogP contribution in [0.15, 0.2) is 30.6 Å². The maximum Gasteiger partial charge on any atom is 0.311 e. The van der Waals surface area contributed by atoms with Crippen LogP contribution in [0.5, 0.6) is 0 Å². The molecule has 16 heavy (non-hydrogen) atoms. The Morgan fingerprint density at radius 2 is 2.38 bits per heavy atom. The van der Waals surface area contributed by atoms with Gasteiger partial charge in [-0.2, -0.15) is 0 Å². The van der Waals surface area contributed by atoms with Crippen LogP contribution in [-0.4, -0.2) is 22.0 Å². The van der Waals surface area contributed by atoms with Gasteiger partial charge in [0.25, 0.3) is 0 Å². The average Bonchev–Trinajstić information content (AvgIpc) is 2.68. The molecule has 0 bridgehead atoms. The second-order valence-corrected chi connectivity index (χ2v) is 3.60. The molecule has 0 radical (unpaired) electrons. The van der Waals surface area contributed by atoms with Crippen LogP contribution in [0.25, 0.3) is 5.65 Å². The molecule has 0 amide bonds. The highest BCUT2D eigenvalue weighted by molar-refractivity contribution is 5.72. The number of hydrogen-bond donors (Lipinski definition) is 0. The number of ether oxygens (including phenoxy) is 1. The fourth-order valence-electron chi connectivity index (χ4n) is 1.49. The summed E-state index contributed by atoms with van der Waals surface area (Å²) in [6.07, 6.45) is 4.84. The second kappa shape index (κ2) is 4.79. The van der Waals surface area contributed by atoms with Crippen LogP contribution in [0, 0.1) is 0 Å².